The molecule has 0 aromatic carbocycles. The molecule has 0 radical (unpaired) electrons. The second kappa shape index (κ2) is 4.94. The van der Waals surface area contributed by atoms with Gasteiger partial charge in [-0.1, -0.05) is 13.3 Å². The highest BCUT2D eigenvalue weighted by molar-refractivity contribution is 7.07. The normalized spacial score (nSPS) is 23.9. The van der Waals surface area contributed by atoms with E-state index < -0.39 is 0 Å². The van der Waals surface area contributed by atoms with E-state index in [1.54, 1.807) is 5.56 Å². The van der Waals surface area contributed by atoms with Crippen LogP contribution in [0.5, 0.6) is 0 Å². The highest BCUT2D eigenvalue weighted by Crippen LogP contribution is 2.31. The van der Waals surface area contributed by atoms with Crippen LogP contribution in [0.3, 0.4) is 0 Å². The lowest BCUT2D eigenvalue weighted by Crippen LogP contribution is -2.33. The summed E-state index contributed by atoms with van der Waals surface area (Å²) in [6.45, 7) is 4.84. The summed E-state index contributed by atoms with van der Waals surface area (Å²) < 4.78 is 0. The van der Waals surface area contributed by atoms with E-state index >= 15 is 0 Å². The van der Waals surface area contributed by atoms with Crippen LogP contribution in [0.1, 0.15) is 44.2 Å². The first kappa shape index (κ1) is 10.2. The van der Waals surface area contributed by atoms with Gasteiger partial charge in [-0.25, -0.2) is 0 Å². The largest absolute Gasteiger partial charge is 0.296 e. The minimum atomic E-state index is 0.718. The fourth-order valence-corrected chi connectivity index (χ4v) is 3.09. The number of rotatable bonds is 3. The van der Waals surface area contributed by atoms with Gasteiger partial charge in [0.2, 0.25) is 0 Å². The van der Waals surface area contributed by atoms with Gasteiger partial charge < -0.3 is 0 Å². The molecule has 0 amide bonds. The van der Waals surface area contributed by atoms with Crippen molar-refractivity contribution in [2.24, 2.45) is 0 Å². The zero-order chi connectivity index (χ0) is 9.80. The molecule has 1 fully saturated rings. The van der Waals surface area contributed by atoms with Gasteiger partial charge in [-0.05, 0) is 54.7 Å². The van der Waals surface area contributed by atoms with E-state index in [0.29, 0.717) is 0 Å². The summed E-state index contributed by atoms with van der Waals surface area (Å²) in [5, 5.41) is 4.52. The number of nitrogens with zero attached hydrogens (tertiary/aromatic N) is 1. The standard InChI is InChI=1S/C12H19NS/c1-2-7-13-8-4-3-5-12(13)11-6-9-14-10-11/h6,9-10,12H,2-5,7-8H2,1H3/t12-/m1/s1. The SMILES string of the molecule is CCCN1CCCC[C@@H]1c1ccsc1. The third kappa shape index (κ3) is 2.18. The topological polar surface area (TPSA) is 3.24 Å². The first-order chi connectivity index (χ1) is 6.92. The number of hydrogen-bond donors (Lipinski definition) is 0. The van der Waals surface area contributed by atoms with Gasteiger partial charge in [-0.15, -0.1) is 0 Å². The van der Waals surface area contributed by atoms with Crippen molar-refractivity contribution in [3.05, 3.63) is 22.4 Å². The van der Waals surface area contributed by atoms with Gasteiger partial charge in [-0.2, -0.15) is 11.3 Å². The fourth-order valence-electron chi connectivity index (χ4n) is 2.39. The summed E-state index contributed by atoms with van der Waals surface area (Å²) >= 11 is 1.83. The molecule has 1 aromatic rings. The van der Waals surface area contributed by atoms with Crippen LogP contribution in [0.2, 0.25) is 0 Å². The molecule has 14 heavy (non-hydrogen) atoms. The van der Waals surface area contributed by atoms with Crippen molar-refractivity contribution in [1.82, 2.24) is 4.90 Å². The molecule has 0 N–H and O–H groups in total. The molecular weight excluding hydrogens is 190 g/mol. The summed E-state index contributed by atoms with van der Waals surface area (Å²) in [6.07, 6.45) is 5.43. The van der Waals surface area contributed by atoms with Crippen LogP contribution in [0.4, 0.5) is 0 Å². The Labute approximate surface area is 90.7 Å². The van der Waals surface area contributed by atoms with Crippen molar-refractivity contribution in [1.29, 1.82) is 0 Å². The van der Waals surface area contributed by atoms with Gasteiger partial charge in [0.25, 0.3) is 0 Å². The summed E-state index contributed by atoms with van der Waals surface area (Å²) in [6, 6.07) is 3.01. The Kier molecular flexibility index (Phi) is 3.60. The Morgan fingerprint density at radius 2 is 2.43 bits per heavy atom. The van der Waals surface area contributed by atoms with Crippen molar-refractivity contribution in [2.75, 3.05) is 13.1 Å². The number of thiophene rings is 1. The van der Waals surface area contributed by atoms with Crippen molar-refractivity contribution in [3.8, 4) is 0 Å². The second-order valence-electron chi connectivity index (χ2n) is 4.10. The van der Waals surface area contributed by atoms with Crippen molar-refractivity contribution in [3.63, 3.8) is 0 Å². The van der Waals surface area contributed by atoms with E-state index in [1.807, 2.05) is 11.3 Å². The average Bonchev–Trinajstić information content (AvgIpc) is 2.72. The Morgan fingerprint density at radius 1 is 1.50 bits per heavy atom. The van der Waals surface area contributed by atoms with Crippen molar-refractivity contribution in [2.45, 2.75) is 38.6 Å². The first-order valence-corrected chi connectivity index (χ1v) is 6.62. The van der Waals surface area contributed by atoms with Gasteiger partial charge in [0.05, 0.1) is 0 Å². The molecule has 2 heteroatoms. The molecule has 1 aliphatic heterocycles. The molecule has 1 aromatic heterocycles. The molecule has 1 saturated heterocycles. The maximum Gasteiger partial charge on any atom is 0.0356 e. The minimum Gasteiger partial charge on any atom is -0.296 e. The van der Waals surface area contributed by atoms with Crippen molar-refractivity contribution < 1.29 is 0 Å². The van der Waals surface area contributed by atoms with E-state index in [-0.39, 0.29) is 0 Å². The smallest absolute Gasteiger partial charge is 0.0356 e. The van der Waals surface area contributed by atoms with E-state index in [4.69, 9.17) is 0 Å². The van der Waals surface area contributed by atoms with Crippen LogP contribution in [-0.4, -0.2) is 18.0 Å². The van der Waals surface area contributed by atoms with Crippen LogP contribution in [0.25, 0.3) is 0 Å². The minimum absolute atomic E-state index is 0.718. The number of likely N-dealkylation sites (tertiary alicyclic amines) is 1. The van der Waals surface area contributed by atoms with E-state index in [2.05, 4.69) is 28.7 Å². The Morgan fingerprint density at radius 3 is 3.14 bits per heavy atom. The predicted octanol–water partition coefficient (Wildman–Crippen LogP) is 3.69. The third-order valence-electron chi connectivity index (χ3n) is 3.05. The fraction of sp³-hybridized carbons (Fsp3) is 0.667. The van der Waals surface area contributed by atoms with Crippen LogP contribution < -0.4 is 0 Å². The monoisotopic (exact) mass is 209 g/mol. The van der Waals surface area contributed by atoms with Gasteiger partial charge >= 0.3 is 0 Å². The molecule has 0 saturated carbocycles. The number of piperidine rings is 1. The molecule has 1 aliphatic rings. The zero-order valence-corrected chi connectivity index (χ0v) is 9.72. The molecular formula is C12H19NS. The Bertz CT molecular complexity index is 253. The maximum atomic E-state index is 2.66. The van der Waals surface area contributed by atoms with Gasteiger partial charge in [-0.3, -0.25) is 4.90 Å². The van der Waals surface area contributed by atoms with E-state index in [1.165, 1.54) is 38.8 Å². The van der Waals surface area contributed by atoms with E-state index in [0.717, 1.165) is 6.04 Å². The summed E-state index contributed by atoms with van der Waals surface area (Å²) in [7, 11) is 0. The molecule has 78 valence electrons. The quantitative estimate of drug-likeness (QED) is 0.734. The Hall–Kier alpha value is -0.340. The zero-order valence-electron chi connectivity index (χ0n) is 8.91. The first-order valence-electron chi connectivity index (χ1n) is 5.68. The lowest BCUT2D eigenvalue weighted by Gasteiger charge is -2.35. The van der Waals surface area contributed by atoms with Gasteiger partial charge in [0, 0.05) is 6.04 Å². The van der Waals surface area contributed by atoms with Crippen LogP contribution in [0.15, 0.2) is 16.8 Å². The lowest BCUT2D eigenvalue weighted by atomic mass is 9.97. The second-order valence-corrected chi connectivity index (χ2v) is 4.88. The molecule has 0 bridgehead atoms. The molecule has 1 nitrogen and oxygen atoms in total. The van der Waals surface area contributed by atoms with Crippen LogP contribution in [-0.2, 0) is 0 Å². The molecule has 1 atom stereocenters. The summed E-state index contributed by atoms with van der Waals surface area (Å²) in [4.78, 5) is 2.66. The molecule has 2 rings (SSSR count). The summed E-state index contributed by atoms with van der Waals surface area (Å²) in [5.41, 5.74) is 1.54. The van der Waals surface area contributed by atoms with Crippen LogP contribution in [0, 0.1) is 0 Å². The highest BCUT2D eigenvalue weighted by Gasteiger charge is 2.22. The maximum absolute atomic E-state index is 2.66. The highest BCUT2D eigenvalue weighted by atomic mass is 32.1. The van der Waals surface area contributed by atoms with Gasteiger partial charge in [0.15, 0.2) is 0 Å². The van der Waals surface area contributed by atoms with Gasteiger partial charge in [0.1, 0.15) is 0 Å². The Balaban J connectivity index is 2.06. The molecule has 0 spiro atoms. The number of hydrogen-bond acceptors (Lipinski definition) is 2. The van der Waals surface area contributed by atoms with Crippen molar-refractivity contribution >= 4 is 11.3 Å². The molecule has 0 unspecified atom stereocenters. The van der Waals surface area contributed by atoms with Crippen LogP contribution >= 0.6 is 11.3 Å². The average molecular weight is 209 g/mol. The third-order valence-corrected chi connectivity index (χ3v) is 3.75. The van der Waals surface area contributed by atoms with E-state index in [9.17, 15) is 0 Å². The summed E-state index contributed by atoms with van der Waals surface area (Å²) in [5.74, 6) is 0. The predicted molar refractivity (Wildman–Crippen MR) is 62.8 cm³/mol. The molecule has 2 heterocycles. The molecule has 0 aliphatic carbocycles. The lowest BCUT2D eigenvalue weighted by molar-refractivity contribution is 0.149.